The summed E-state index contributed by atoms with van der Waals surface area (Å²) < 4.78 is 0. The molecular weight excluding hydrogens is 370 g/mol. The van der Waals surface area contributed by atoms with Crippen molar-refractivity contribution >= 4 is 24.0 Å². The molecule has 4 saturated carbocycles. The van der Waals surface area contributed by atoms with E-state index >= 15 is 0 Å². The molecule has 4 rings (SSSR count). The Bertz CT molecular complexity index is 607. The summed E-state index contributed by atoms with van der Waals surface area (Å²) in [6, 6.07) is 0. The Hall–Kier alpha value is -0.410. The Morgan fingerprint density at radius 2 is 1.79 bits per heavy atom. The smallest absolute Gasteiger partial charge is 0.139 e. The van der Waals surface area contributed by atoms with E-state index in [4.69, 9.17) is 5.73 Å². The summed E-state index contributed by atoms with van der Waals surface area (Å²) in [7, 11) is 0. The molecule has 4 heteroatoms. The van der Waals surface area contributed by atoms with Crippen molar-refractivity contribution in [2.24, 2.45) is 46.2 Å². The summed E-state index contributed by atoms with van der Waals surface area (Å²) >= 11 is 0. The number of hydrogen-bond acceptors (Lipinski definition) is 3. The number of carbonyl (C=O) groups is 2. The lowest BCUT2D eigenvalue weighted by atomic mass is 9.44. The van der Waals surface area contributed by atoms with Crippen LogP contribution in [0.15, 0.2) is 0 Å². The van der Waals surface area contributed by atoms with Crippen molar-refractivity contribution in [1.29, 1.82) is 0 Å². The molecule has 0 amide bonds. The van der Waals surface area contributed by atoms with Crippen LogP contribution in [0.1, 0.15) is 90.9 Å². The van der Waals surface area contributed by atoms with Crippen LogP contribution in [0.3, 0.4) is 0 Å². The van der Waals surface area contributed by atoms with Crippen molar-refractivity contribution < 1.29 is 9.59 Å². The van der Waals surface area contributed by atoms with Gasteiger partial charge < -0.3 is 5.73 Å². The highest BCUT2D eigenvalue weighted by Gasteiger charge is 2.62. The average molecular weight is 410 g/mol. The molecule has 3 nitrogen and oxygen atoms in total. The molecule has 0 aromatic heterocycles. The fourth-order valence-corrected chi connectivity index (χ4v) is 7.91. The molecule has 4 aliphatic carbocycles. The van der Waals surface area contributed by atoms with Gasteiger partial charge in [0.2, 0.25) is 0 Å². The number of nitrogens with two attached hydrogens (primary N) is 1. The highest BCUT2D eigenvalue weighted by Crippen LogP contribution is 2.65. The number of Topliss-reactive ketones (excluding diaryl/α,β-unsaturated/α-hetero) is 2. The summed E-state index contributed by atoms with van der Waals surface area (Å²) in [6.45, 7) is 5.45. The molecule has 0 radical (unpaired) electrons. The maximum absolute atomic E-state index is 13.3. The predicted molar refractivity (Wildman–Crippen MR) is 115 cm³/mol. The van der Waals surface area contributed by atoms with Gasteiger partial charge in [-0.2, -0.15) is 0 Å². The second kappa shape index (κ2) is 8.38. The number of rotatable bonds is 5. The normalized spacial score (nSPS) is 45.0. The van der Waals surface area contributed by atoms with Gasteiger partial charge in [-0.3, -0.25) is 9.59 Å². The first-order valence-corrected chi connectivity index (χ1v) is 11.7. The molecule has 2 unspecified atom stereocenters. The van der Waals surface area contributed by atoms with E-state index in [1.807, 2.05) is 0 Å². The molecule has 0 heterocycles. The zero-order valence-corrected chi connectivity index (χ0v) is 18.7. The fraction of sp³-hybridized carbons (Fsp3) is 0.917. The molecule has 7 atom stereocenters. The van der Waals surface area contributed by atoms with Crippen molar-refractivity contribution in [1.82, 2.24) is 0 Å². The van der Waals surface area contributed by atoms with Crippen molar-refractivity contribution in [2.45, 2.75) is 90.9 Å². The molecule has 0 bridgehead atoms. The molecule has 4 aliphatic rings. The zero-order valence-electron chi connectivity index (χ0n) is 17.9. The molecule has 0 saturated heterocycles. The van der Waals surface area contributed by atoms with Crippen LogP contribution in [-0.2, 0) is 9.59 Å². The molecule has 0 spiro atoms. The van der Waals surface area contributed by atoms with E-state index in [0.717, 1.165) is 51.0 Å². The van der Waals surface area contributed by atoms with Crippen molar-refractivity contribution in [3.8, 4) is 0 Å². The highest BCUT2D eigenvalue weighted by molar-refractivity contribution is 5.88. The van der Waals surface area contributed by atoms with Gasteiger partial charge in [-0.05, 0) is 80.6 Å². The molecule has 160 valence electrons. The lowest BCUT2D eigenvalue weighted by Crippen LogP contribution is -2.56. The molecular formula is C24H40ClNO2. The summed E-state index contributed by atoms with van der Waals surface area (Å²) in [5.41, 5.74) is 5.70. The third-order valence-corrected chi connectivity index (χ3v) is 9.59. The molecule has 4 fully saturated rings. The van der Waals surface area contributed by atoms with Crippen LogP contribution in [0.4, 0.5) is 0 Å². The first-order chi connectivity index (χ1) is 12.9. The Labute approximate surface area is 177 Å². The summed E-state index contributed by atoms with van der Waals surface area (Å²) in [6.07, 6.45) is 13.4. The van der Waals surface area contributed by atoms with Crippen LogP contribution in [-0.4, -0.2) is 18.1 Å². The van der Waals surface area contributed by atoms with Gasteiger partial charge in [0.05, 0.1) is 0 Å². The van der Waals surface area contributed by atoms with Gasteiger partial charge in [0.1, 0.15) is 11.6 Å². The lowest BCUT2D eigenvalue weighted by Gasteiger charge is -2.59. The maximum Gasteiger partial charge on any atom is 0.139 e. The Morgan fingerprint density at radius 1 is 1.00 bits per heavy atom. The monoisotopic (exact) mass is 409 g/mol. The van der Waals surface area contributed by atoms with Crippen LogP contribution < -0.4 is 5.73 Å². The topological polar surface area (TPSA) is 60.2 Å². The largest absolute Gasteiger partial charge is 0.330 e. The van der Waals surface area contributed by atoms with E-state index in [2.05, 4.69) is 13.8 Å². The number of halogens is 1. The minimum absolute atomic E-state index is 0. The van der Waals surface area contributed by atoms with Crippen molar-refractivity contribution in [3.63, 3.8) is 0 Å². The molecule has 0 aromatic carbocycles. The number of unbranched alkanes of at least 4 members (excludes halogenated alkanes) is 2. The van der Waals surface area contributed by atoms with Gasteiger partial charge in [0.15, 0.2) is 0 Å². The van der Waals surface area contributed by atoms with E-state index in [-0.39, 0.29) is 29.2 Å². The number of fused-ring (bicyclic) bond motifs is 5. The van der Waals surface area contributed by atoms with E-state index in [1.165, 1.54) is 38.5 Å². The first-order valence-electron chi connectivity index (χ1n) is 11.7. The van der Waals surface area contributed by atoms with Gasteiger partial charge in [-0.1, -0.05) is 33.1 Å². The van der Waals surface area contributed by atoms with Crippen molar-refractivity contribution in [2.75, 3.05) is 6.54 Å². The second-order valence-electron chi connectivity index (χ2n) is 10.8. The fourth-order valence-electron chi connectivity index (χ4n) is 7.91. The quantitative estimate of drug-likeness (QED) is 0.624. The SMILES string of the molecule is C[C@]12CCC(CCCCCN)CC1C(=O)C[C@@H]1[C@H]2CC[C@]2(C)C(=O)CC[C@@H]12.Cl. The summed E-state index contributed by atoms with van der Waals surface area (Å²) in [4.78, 5) is 25.8. The third-order valence-electron chi connectivity index (χ3n) is 9.59. The van der Waals surface area contributed by atoms with Gasteiger partial charge in [-0.15, -0.1) is 12.4 Å². The Morgan fingerprint density at radius 3 is 2.54 bits per heavy atom. The van der Waals surface area contributed by atoms with Crippen LogP contribution in [0.2, 0.25) is 0 Å². The Balaban J connectivity index is 0.00000225. The summed E-state index contributed by atoms with van der Waals surface area (Å²) in [5, 5.41) is 0. The number of ketones is 2. The van der Waals surface area contributed by atoms with Crippen LogP contribution in [0.5, 0.6) is 0 Å². The van der Waals surface area contributed by atoms with Crippen LogP contribution >= 0.6 is 12.4 Å². The predicted octanol–water partition coefficient (Wildman–Crippen LogP) is 5.33. The number of carbonyl (C=O) groups excluding carboxylic acids is 2. The van der Waals surface area contributed by atoms with Crippen molar-refractivity contribution in [3.05, 3.63) is 0 Å². The molecule has 28 heavy (non-hydrogen) atoms. The third kappa shape index (κ3) is 3.49. The molecule has 0 aliphatic heterocycles. The van der Waals surface area contributed by atoms with E-state index in [9.17, 15) is 9.59 Å². The van der Waals surface area contributed by atoms with Gasteiger partial charge >= 0.3 is 0 Å². The second-order valence-corrected chi connectivity index (χ2v) is 10.8. The van der Waals surface area contributed by atoms with Gasteiger partial charge in [0.25, 0.3) is 0 Å². The zero-order chi connectivity index (χ0) is 19.2. The maximum atomic E-state index is 13.3. The number of hydrogen-bond donors (Lipinski definition) is 1. The molecule has 0 aromatic rings. The highest BCUT2D eigenvalue weighted by atomic mass is 35.5. The van der Waals surface area contributed by atoms with E-state index < -0.39 is 0 Å². The van der Waals surface area contributed by atoms with E-state index in [0.29, 0.717) is 29.3 Å². The standard InChI is InChI=1S/C24H39NO2.ClH/c1-23-11-9-16(6-4-3-5-13-25)14-20(23)21(26)15-17-18-7-8-22(27)24(18,2)12-10-19(17)23;/h16-20H,3-15,25H2,1-2H3;1H/t16?,17-,18-,19+,20?,23+,24-;/m0./s1. The lowest BCUT2D eigenvalue weighted by molar-refractivity contribution is -0.158. The van der Waals surface area contributed by atoms with Gasteiger partial charge in [0, 0.05) is 24.2 Å². The minimum Gasteiger partial charge on any atom is -0.330 e. The van der Waals surface area contributed by atoms with Gasteiger partial charge in [-0.25, -0.2) is 0 Å². The van der Waals surface area contributed by atoms with Crippen LogP contribution in [0, 0.1) is 40.4 Å². The van der Waals surface area contributed by atoms with Crippen LogP contribution in [0.25, 0.3) is 0 Å². The van der Waals surface area contributed by atoms with E-state index in [1.54, 1.807) is 0 Å². The average Bonchev–Trinajstić information content (AvgIpc) is 2.95. The molecule has 2 N–H and O–H groups in total. The first kappa shape index (κ1) is 22.3. The minimum atomic E-state index is -0.120. The summed E-state index contributed by atoms with van der Waals surface area (Å²) in [5.74, 6) is 3.66. The Kier molecular flexibility index (Phi) is 6.67.